The minimum Gasteiger partial charge on any atom is -0.381 e. The molecule has 0 unspecified atom stereocenters. The van der Waals surface area contributed by atoms with Gasteiger partial charge in [0.2, 0.25) is 0 Å². The van der Waals surface area contributed by atoms with E-state index < -0.39 is 0 Å². The van der Waals surface area contributed by atoms with E-state index in [0.717, 1.165) is 11.3 Å². The minimum atomic E-state index is 0.441. The van der Waals surface area contributed by atoms with E-state index in [9.17, 15) is 0 Å². The zero-order valence-electron chi connectivity index (χ0n) is 7.88. The van der Waals surface area contributed by atoms with Crippen LogP contribution in [0.1, 0.15) is 11.3 Å². The van der Waals surface area contributed by atoms with Crippen LogP contribution in [0.2, 0.25) is 0 Å². The van der Waals surface area contributed by atoms with Crippen LogP contribution in [0.5, 0.6) is 0 Å². The molecule has 0 radical (unpaired) electrons. The van der Waals surface area contributed by atoms with Gasteiger partial charge in [0.1, 0.15) is 0 Å². The standard InChI is InChI=1S/C9H11N5/c1-7-4-8(2-3-11-7)5-14-6-9(10)12-13-14/h2-4,6H,5,10H2,1H3. The summed E-state index contributed by atoms with van der Waals surface area (Å²) in [7, 11) is 0. The van der Waals surface area contributed by atoms with E-state index >= 15 is 0 Å². The molecule has 2 rings (SSSR count). The summed E-state index contributed by atoms with van der Waals surface area (Å²) in [5, 5.41) is 7.57. The van der Waals surface area contributed by atoms with E-state index in [4.69, 9.17) is 5.73 Å². The molecular weight excluding hydrogens is 178 g/mol. The van der Waals surface area contributed by atoms with E-state index in [-0.39, 0.29) is 0 Å². The fourth-order valence-electron chi connectivity index (χ4n) is 1.28. The molecule has 0 spiro atoms. The highest BCUT2D eigenvalue weighted by Gasteiger charge is 1.98. The lowest BCUT2D eigenvalue weighted by Gasteiger charge is -2.00. The minimum absolute atomic E-state index is 0.441. The first-order valence-electron chi connectivity index (χ1n) is 4.31. The first-order chi connectivity index (χ1) is 6.74. The summed E-state index contributed by atoms with van der Waals surface area (Å²) in [4.78, 5) is 4.12. The summed E-state index contributed by atoms with van der Waals surface area (Å²) in [6.45, 7) is 2.63. The summed E-state index contributed by atoms with van der Waals surface area (Å²) < 4.78 is 1.70. The van der Waals surface area contributed by atoms with Gasteiger partial charge in [0.15, 0.2) is 5.82 Å². The van der Waals surface area contributed by atoms with Crippen LogP contribution >= 0.6 is 0 Å². The van der Waals surface area contributed by atoms with Crippen molar-refractivity contribution >= 4 is 5.82 Å². The maximum Gasteiger partial charge on any atom is 0.165 e. The molecule has 2 aromatic rings. The highest BCUT2D eigenvalue weighted by molar-refractivity contribution is 5.21. The molecule has 0 aromatic carbocycles. The first kappa shape index (κ1) is 8.68. The second-order valence-electron chi connectivity index (χ2n) is 3.15. The Morgan fingerprint density at radius 1 is 1.50 bits per heavy atom. The number of aryl methyl sites for hydroxylation is 1. The lowest BCUT2D eigenvalue weighted by Crippen LogP contribution is -2.01. The van der Waals surface area contributed by atoms with Gasteiger partial charge < -0.3 is 5.73 Å². The fourth-order valence-corrected chi connectivity index (χ4v) is 1.28. The Morgan fingerprint density at radius 3 is 3.00 bits per heavy atom. The van der Waals surface area contributed by atoms with E-state index in [0.29, 0.717) is 12.4 Å². The molecule has 72 valence electrons. The molecule has 0 saturated heterocycles. The summed E-state index contributed by atoms with van der Waals surface area (Å²) >= 11 is 0. The number of nitrogens with zero attached hydrogens (tertiary/aromatic N) is 4. The molecule has 2 aromatic heterocycles. The smallest absolute Gasteiger partial charge is 0.165 e. The summed E-state index contributed by atoms with van der Waals surface area (Å²) in [5.41, 5.74) is 7.59. The highest BCUT2D eigenvalue weighted by atomic mass is 15.4. The van der Waals surface area contributed by atoms with Crippen LogP contribution in [0.15, 0.2) is 24.5 Å². The molecule has 0 aliphatic heterocycles. The Labute approximate surface area is 81.6 Å². The van der Waals surface area contributed by atoms with Gasteiger partial charge in [-0.2, -0.15) is 0 Å². The van der Waals surface area contributed by atoms with E-state index in [1.54, 1.807) is 17.1 Å². The van der Waals surface area contributed by atoms with E-state index in [2.05, 4.69) is 15.3 Å². The third kappa shape index (κ3) is 1.87. The molecule has 0 aliphatic carbocycles. The quantitative estimate of drug-likeness (QED) is 0.751. The van der Waals surface area contributed by atoms with Gasteiger partial charge in [-0.3, -0.25) is 4.98 Å². The van der Waals surface area contributed by atoms with Crippen LogP contribution in [0.3, 0.4) is 0 Å². The maximum absolute atomic E-state index is 5.46. The largest absolute Gasteiger partial charge is 0.381 e. The molecular formula is C9H11N5. The van der Waals surface area contributed by atoms with Crippen molar-refractivity contribution in [1.29, 1.82) is 0 Å². The normalized spacial score (nSPS) is 10.4. The van der Waals surface area contributed by atoms with Crippen LogP contribution < -0.4 is 5.73 Å². The number of rotatable bonds is 2. The molecule has 0 bridgehead atoms. The predicted molar refractivity (Wildman–Crippen MR) is 52.5 cm³/mol. The molecule has 2 heterocycles. The molecule has 14 heavy (non-hydrogen) atoms. The van der Waals surface area contributed by atoms with Crippen molar-refractivity contribution < 1.29 is 0 Å². The summed E-state index contributed by atoms with van der Waals surface area (Å²) in [5.74, 6) is 0.441. The van der Waals surface area contributed by atoms with Crippen LogP contribution in [0.4, 0.5) is 5.82 Å². The van der Waals surface area contributed by atoms with Crippen molar-refractivity contribution in [2.24, 2.45) is 0 Å². The van der Waals surface area contributed by atoms with Crippen LogP contribution in [-0.4, -0.2) is 20.0 Å². The molecule has 5 nitrogen and oxygen atoms in total. The Bertz CT molecular complexity index is 434. The first-order valence-corrected chi connectivity index (χ1v) is 4.31. The van der Waals surface area contributed by atoms with Crippen molar-refractivity contribution in [2.75, 3.05) is 5.73 Å². The summed E-state index contributed by atoms with van der Waals surface area (Å²) in [6, 6.07) is 3.96. The van der Waals surface area contributed by atoms with Gasteiger partial charge >= 0.3 is 0 Å². The molecule has 0 aliphatic rings. The van der Waals surface area contributed by atoms with Crippen molar-refractivity contribution in [3.63, 3.8) is 0 Å². The molecule has 0 saturated carbocycles. The van der Waals surface area contributed by atoms with Gasteiger partial charge in [0.25, 0.3) is 0 Å². The van der Waals surface area contributed by atoms with E-state index in [1.807, 2.05) is 19.1 Å². The zero-order chi connectivity index (χ0) is 9.97. The van der Waals surface area contributed by atoms with Crippen LogP contribution in [-0.2, 0) is 6.54 Å². The van der Waals surface area contributed by atoms with Gasteiger partial charge in [0.05, 0.1) is 12.7 Å². The van der Waals surface area contributed by atoms with Crippen molar-refractivity contribution in [3.8, 4) is 0 Å². The lowest BCUT2D eigenvalue weighted by atomic mass is 10.2. The average molecular weight is 189 g/mol. The summed E-state index contributed by atoms with van der Waals surface area (Å²) in [6.07, 6.45) is 3.49. The lowest BCUT2D eigenvalue weighted by molar-refractivity contribution is 0.649. The van der Waals surface area contributed by atoms with Gasteiger partial charge in [-0.1, -0.05) is 5.21 Å². The number of nitrogen functional groups attached to an aromatic ring is 1. The molecule has 5 heteroatoms. The topological polar surface area (TPSA) is 69.6 Å². The fraction of sp³-hybridized carbons (Fsp3) is 0.222. The molecule has 2 N–H and O–H groups in total. The number of pyridine rings is 1. The molecule has 0 fully saturated rings. The average Bonchev–Trinajstić information content (AvgIpc) is 2.51. The second kappa shape index (κ2) is 3.45. The van der Waals surface area contributed by atoms with Crippen molar-refractivity contribution in [3.05, 3.63) is 35.8 Å². The van der Waals surface area contributed by atoms with Crippen molar-refractivity contribution in [1.82, 2.24) is 20.0 Å². The second-order valence-corrected chi connectivity index (χ2v) is 3.15. The third-order valence-electron chi connectivity index (χ3n) is 1.86. The van der Waals surface area contributed by atoms with Crippen molar-refractivity contribution in [2.45, 2.75) is 13.5 Å². The Hall–Kier alpha value is -1.91. The molecule has 0 atom stereocenters. The number of nitrogens with two attached hydrogens (primary N) is 1. The number of anilines is 1. The number of aromatic nitrogens is 4. The Balaban J connectivity index is 2.18. The monoisotopic (exact) mass is 189 g/mol. The predicted octanol–water partition coefficient (Wildman–Crippen LogP) is 0.612. The van der Waals surface area contributed by atoms with Gasteiger partial charge in [0, 0.05) is 11.9 Å². The van der Waals surface area contributed by atoms with E-state index in [1.165, 1.54) is 0 Å². The maximum atomic E-state index is 5.46. The zero-order valence-corrected chi connectivity index (χ0v) is 7.88. The molecule has 0 amide bonds. The van der Waals surface area contributed by atoms with Gasteiger partial charge in [-0.25, -0.2) is 4.68 Å². The van der Waals surface area contributed by atoms with Crippen LogP contribution in [0, 0.1) is 6.92 Å². The number of hydrogen-bond donors (Lipinski definition) is 1. The van der Waals surface area contributed by atoms with Gasteiger partial charge in [-0.05, 0) is 24.6 Å². The number of hydrogen-bond acceptors (Lipinski definition) is 4. The highest BCUT2D eigenvalue weighted by Crippen LogP contribution is 2.03. The van der Waals surface area contributed by atoms with Gasteiger partial charge in [-0.15, -0.1) is 5.10 Å². The third-order valence-corrected chi connectivity index (χ3v) is 1.86. The Morgan fingerprint density at radius 2 is 2.36 bits per heavy atom. The van der Waals surface area contributed by atoms with Crippen LogP contribution in [0.25, 0.3) is 0 Å². The Kier molecular flexibility index (Phi) is 2.14. The SMILES string of the molecule is Cc1cc(Cn2cc(N)nn2)ccn1.